The van der Waals surface area contributed by atoms with E-state index >= 15 is 0 Å². The molecule has 0 amide bonds. The Labute approximate surface area is 98.7 Å². The van der Waals surface area contributed by atoms with E-state index in [4.69, 9.17) is 5.11 Å². The maximum absolute atomic E-state index is 8.80. The van der Waals surface area contributed by atoms with Crippen LogP contribution in [0.2, 0.25) is 0 Å². The summed E-state index contributed by atoms with van der Waals surface area (Å²) in [5.74, 6) is 0.538. The molecule has 16 heavy (non-hydrogen) atoms. The predicted octanol–water partition coefficient (Wildman–Crippen LogP) is 2.41. The van der Waals surface area contributed by atoms with Gasteiger partial charge >= 0.3 is 0 Å². The Kier molecular flexibility index (Phi) is 5.50. The van der Waals surface area contributed by atoms with Crippen LogP contribution in [0.1, 0.15) is 30.0 Å². The van der Waals surface area contributed by atoms with Crippen LogP contribution in [0, 0.1) is 19.8 Å². The van der Waals surface area contributed by atoms with Crippen LogP contribution >= 0.6 is 0 Å². The summed E-state index contributed by atoms with van der Waals surface area (Å²) < 4.78 is 0. The van der Waals surface area contributed by atoms with Gasteiger partial charge in [-0.15, -0.1) is 0 Å². The quantitative estimate of drug-likeness (QED) is 0.773. The van der Waals surface area contributed by atoms with Crippen LogP contribution in [0.4, 0.5) is 0 Å². The number of hydrogen-bond donors (Lipinski definition) is 2. The highest BCUT2D eigenvalue weighted by molar-refractivity contribution is 5.30. The zero-order chi connectivity index (χ0) is 12.0. The van der Waals surface area contributed by atoms with E-state index in [0.717, 1.165) is 19.5 Å². The zero-order valence-electron chi connectivity index (χ0n) is 10.6. The van der Waals surface area contributed by atoms with Gasteiger partial charge in [0.1, 0.15) is 0 Å². The molecular weight excluding hydrogens is 198 g/mol. The molecule has 2 nitrogen and oxygen atoms in total. The Morgan fingerprint density at radius 3 is 2.69 bits per heavy atom. The summed E-state index contributed by atoms with van der Waals surface area (Å²) in [5.41, 5.74) is 4.03. The molecule has 0 spiro atoms. The van der Waals surface area contributed by atoms with E-state index in [1.807, 2.05) is 0 Å². The largest absolute Gasteiger partial charge is 0.396 e. The van der Waals surface area contributed by atoms with Gasteiger partial charge in [-0.05, 0) is 43.9 Å². The number of hydrogen-bond acceptors (Lipinski definition) is 2. The summed E-state index contributed by atoms with van der Waals surface area (Å²) in [7, 11) is 0. The van der Waals surface area contributed by atoms with Crippen LogP contribution in [0.25, 0.3) is 0 Å². The second-order valence-corrected chi connectivity index (χ2v) is 4.68. The Bertz CT molecular complexity index is 323. The standard InChI is InChI=1S/C14H23NO/c1-11-4-5-14(13(3)8-11)10-15-9-12(2)6-7-16/h4-5,8,12,15-16H,6-7,9-10H2,1-3H3. The molecule has 0 saturated heterocycles. The van der Waals surface area contributed by atoms with Gasteiger partial charge in [0, 0.05) is 13.2 Å². The van der Waals surface area contributed by atoms with E-state index in [0.29, 0.717) is 5.92 Å². The summed E-state index contributed by atoms with van der Waals surface area (Å²) in [6.45, 7) is 8.60. The number of aliphatic hydroxyl groups excluding tert-OH is 1. The second kappa shape index (κ2) is 6.66. The van der Waals surface area contributed by atoms with E-state index in [9.17, 15) is 0 Å². The summed E-state index contributed by atoms with van der Waals surface area (Å²) in [5, 5.41) is 12.2. The SMILES string of the molecule is Cc1ccc(CNCC(C)CCO)c(C)c1. The van der Waals surface area contributed by atoms with Gasteiger partial charge in [0.05, 0.1) is 0 Å². The summed E-state index contributed by atoms with van der Waals surface area (Å²) in [6.07, 6.45) is 0.875. The number of nitrogens with one attached hydrogen (secondary N) is 1. The first-order valence-electron chi connectivity index (χ1n) is 6.01. The fourth-order valence-electron chi connectivity index (χ4n) is 1.82. The van der Waals surface area contributed by atoms with Crippen molar-refractivity contribution < 1.29 is 5.11 Å². The number of benzene rings is 1. The number of aryl methyl sites for hydroxylation is 2. The molecule has 1 rings (SSSR count). The Morgan fingerprint density at radius 1 is 1.31 bits per heavy atom. The number of rotatable bonds is 6. The van der Waals surface area contributed by atoms with Crippen molar-refractivity contribution in [3.05, 3.63) is 34.9 Å². The minimum absolute atomic E-state index is 0.284. The van der Waals surface area contributed by atoms with E-state index in [-0.39, 0.29) is 6.61 Å². The van der Waals surface area contributed by atoms with Crippen LogP contribution < -0.4 is 5.32 Å². The Morgan fingerprint density at radius 2 is 2.06 bits per heavy atom. The lowest BCUT2D eigenvalue weighted by Gasteiger charge is -2.12. The van der Waals surface area contributed by atoms with Gasteiger partial charge in [0.25, 0.3) is 0 Å². The van der Waals surface area contributed by atoms with Crippen molar-refractivity contribution in [1.29, 1.82) is 0 Å². The lowest BCUT2D eigenvalue weighted by atomic mass is 10.1. The lowest BCUT2D eigenvalue weighted by Crippen LogP contribution is -2.21. The highest BCUT2D eigenvalue weighted by atomic mass is 16.3. The summed E-state index contributed by atoms with van der Waals surface area (Å²) >= 11 is 0. The normalized spacial score (nSPS) is 12.8. The van der Waals surface area contributed by atoms with Crippen LogP contribution in [0.3, 0.4) is 0 Å². The van der Waals surface area contributed by atoms with Gasteiger partial charge in [-0.25, -0.2) is 0 Å². The van der Waals surface area contributed by atoms with Crippen molar-refractivity contribution >= 4 is 0 Å². The van der Waals surface area contributed by atoms with Crippen molar-refractivity contribution in [2.45, 2.75) is 33.7 Å². The molecule has 0 aliphatic carbocycles. The summed E-state index contributed by atoms with van der Waals surface area (Å²) in [6, 6.07) is 6.56. The maximum atomic E-state index is 8.80. The molecule has 0 heterocycles. The summed E-state index contributed by atoms with van der Waals surface area (Å²) in [4.78, 5) is 0. The van der Waals surface area contributed by atoms with E-state index < -0.39 is 0 Å². The highest BCUT2D eigenvalue weighted by Gasteiger charge is 2.02. The van der Waals surface area contributed by atoms with E-state index in [1.165, 1.54) is 16.7 Å². The topological polar surface area (TPSA) is 32.3 Å². The van der Waals surface area contributed by atoms with Crippen molar-refractivity contribution in [2.75, 3.05) is 13.2 Å². The molecule has 90 valence electrons. The molecule has 0 aliphatic heterocycles. The minimum Gasteiger partial charge on any atom is -0.396 e. The minimum atomic E-state index is 0.284. The van der Waals surface area contributed by atoms with Crippen LogP contribution in [-0.2, 0) is 6.54 Å². The molecule has 1 atom stereocenters. The molecule has 0 aromatic heterocycles. The second-order valence-electron chi connectivity index (χ2n) is 4.68. The van der Waals surface area contributed by atoms with E-state index in [2.05, 4.69) is 44.3 Å². The Balaban J connectivity index is 2.37. The smallest absolute Gasteiger partial charge is 0.0434 e. The Hall–Kier alpha value is -0.860. The lowest BCUT2D eigenvalue weighted by molar-refractivity contribution is 0.260. The predicted molar refractivity (Wildman–Crippen MR) is 68.5 cm³/mol. The van der Waals surface area contributed by atoms with Crippen molar-refractivity contribution in [3.8, 4) is 0 Å². The fourth-order valence-corrected chi connectivity index (χ4v) is 1.82. The molecular formula is C14H23NO. The van der Waals surface area contributed by atoms with Crippen LogP contribution in [0.15, 0.2) is 18.2 Å². The van der Waals surface area contributed by atoms with Gasteiger partial charge in [0.15, 0.2) is 0 Å². The molecule has 0 fully saturated rings. The zero-order valence-corrected chi connectivity index (χ0v) is 10.6. The first-order chi connectivity index (χ1) is 7.63. The highest BCUT2D eigenvalue weighted by Crippen LogP contribution is 2.10. The molecule has 2 heteroatoms. The molecule has 1 aromatic rings. The van der Waals surface area contributed by atoms with Gasteiger partial charge in [-0.3, -0.25) is 0 Å². The van der Waals surface area contributed by atoms with E-state index in [1.54, 1.807) is 0 Å². The molecule has 0 bridgehead atoms. The molecule has 0 radical (unpaired) electrons. The molecule has 2 N–H and O–H groups in total. The molecule has 1 aromatic carbocycles. The fraction of sp³-hybridized carbons (Fsp3) is 0.571. The number of aliphatic hydroxyl groups is 1. The first kappa shape index (κ1) is 13.2. The van der Waals surface area contributed by atoms with Crippen molar-refractivity contribution in [3.63, 3.8) is 0 Å². The first-order valence-corrected chi connectivity index (χ1v) is 6.01. The molecule has 0 saturated carbocycles. The van der Waals surface area contributed by atoms with Gasteiger partial charge in [-0.2, -0.15) is 0 Å². The maximum Gasteiger partial charge on any atom is 0.0434 e. The molecule has 1 unspecified atom stereocenters. The van der Waals surface area contributed by atoms with Crippen LogP contribution in [-0.4, -0.2) is 18.3 Å². The average Bonchev–Trinajstić information content (AvgIpc) is 2.22. The van der Waals surface area contributed by atoms with Gasteiger partial charge < -0.3 is 10.4 Å². The third-order valence-electron chi connectivity index (χ3n) is 2.93. The van der Waals surface area contributed by atoms with Gasteiger partial charge in [-0.1, -0.05) is 30.7 Å². The third-order valence-corrected chi connectivity index (χ3v) is 2.93. The van der Waals surface area contributed by atoms with Gasteiger partial charge in [0.2, 0.25) is 0 Å². The third kappa shape index (κ3) is 4.33. The average molecular weight is 221 g/mol. The van der Waals surface area contributed by atoms with Crippen LogP contribution in [0.5, 0.6) is 0 Å². The van der Waals surface area contributed by atoms with Crippen molar-refractivity contribution in [2.24, 2.45) is 5.92 Å². The van der Waals surface area contributed by atoms with Crippen molar-refractivity contribution in [1.82, 2.24) is 5.32 Å². The molecule has 0 aliphatic rings. The monoisotopic (exact) mass is 221 g/mol.